The third-order valence-electron chi connectivity index (χ3n) is 5.76. The minimum Gasteiger partial charge on any atom is -0.491 e. The molecule has 0 bridgehead atoms. The second kappa shape index (κ2) is 6.56. The monoisotopic (exact) mass is 418 g/mol. The molecule has 0 saturated carbocycles. The van der Waals surface area contributed by atoms with Gasteiger partial charge in [-0.15, -0.1) is 0 Å². The molecule has 0 fully saturated rings. The molecule has 4 heteroatoms. The molecule has 2 nitrogen and oxygen atoms in total. The summed E-state index contributed by atoms with van der Waals surface area (Å²) in [6.45, 7) is 12.7. The fourth-order valence-electron chi connectivity index (χ4n) is 3.02. The van der Waals surface area contributed by atoms with Crippen LogP contribution in [0.4, 0.5) is 0 Å². The predicted molar refractivity (Wildman–Crippen MR) is 110 cm³/mol. The molecule has 0 spiro atoms. The standard InChI is InChI=1S/C21H27BrO2Si/c1-20(2,3)25(4,5)24-15-21(16-10-7-6-8-11-16)14-23-19-17(21)12-9-13-18(19)22/h6-13H,14-15H2,1-5H3/t21-/m0/s1. The van der Waals surface area contributed by atoms with Crippen molar-refractivity contribution in [3.63, 3.8) is 0 Å². The Kier molecular flexibility index (Phi) is 4.90. The largest absolute Gasteiger partial charge is 0.491 e. The van der Waals surface area contributed by atoms with E-state index in [1.54, 1.807) is 0 Å². The van der Waals surface area contributed by atoms with Crippen LogP contribution < -0.4 is 4.74 Å². The van der Waals surface area contributed by atoms with Gasteiger partial charge in [0.25, 0.3) is 0 Å². The Labute approximate surface area is 160 Å². The van der Waals surface area contributed by atoms with Crippen molar-refractivity contribution in [3.8, 4) is 5.75 Å². The van der Waals surface area contributed by atoms with Gasteiger partial charge in [0.05, 0.1) is 16.5 Å². The highest BCUT2D eigenvalue weighted by molar-refractivity contribution is 9.10. The van der Waals surface area contributed by atoms with E-state index in [0.29, 0.717) is 13.2 Å². The minimum atomic E-state index is -1.85. The molecular formula is C21H27BrO2Si. The van der Waals surface area contributed by atoms with Gasteiger partial charge in [0.15, 0.2) is 8.32 Å². The van der Waals surface area contributed by atoms with Gasteiger partial charge in [-0.1, -0.05) is 63.2 Å². The van der Waals surface area contributed by atoms with Gasteiger partial charge in [-0.3, -0.25) is 0 Å². The third-order valence-corrected chi connectivity index (χ3v) is 10.9. The molecule has 2 aromatic rings. The molecule has 0 radical (unpaired) electrons. The van der Waals surface area contributed by atoms with Crippen LogP contribution >= 0.6 is 15.9 Å². The third kappa shape index (κ3) is 3.32. The molecule has 2 aromatic carbocycles. The first kappa shape index (κ1) is 18.7. The van der Waals surface area contributed by atoms with Crippen LogP contribution in [0.2, 0.25) is 18.1 Å². The zero-order valence-corrected chi connectivity index (χ0v) is 18.3. The van der Waals surface area contributed by atoms with Gasteiger partial charge < -0.3 is 9.16 Å². The molecule has 0 amide bonds. The van der Waals surface area contributed by atoms with Gasteiger partial charge in [-0.05, 0) is 45.7 Å². The molecule has 1 heterocycles. The Morgan fingerprint density at radius 3 is 2.40 bits per heavy atom. The molecule has 0 saturated heterocycles. The van der Waals surface area contributed by atoms with Crippen LogP contribution in [0.15, 0.2) is 53.0 Å². The molecule has 25 heavy (non-hydrogen) atoms. The van der Waals surface area contributed by atoms with Crippen molar-refractivity contribution >= 4 is 24.2 Å². The maximum atomic E-state index is 6.68. The van der Waals surface area contributed by atoms with E-state index in [1.807, 2.05) is 6.07 Å². The zero-order valence-electron chi connectivity index (χ0n) is 15.7. The number of hydrogen-bond donors (Lipinski definition) is 0. The first-order valence-electron chi connectivity index (χ1n) is 8.79. The van der Waals surface area contributed by atoms with Crippen molar-refractivity contribution in [1.82, 2.24) is 0 Å². The number of rotatable bonds is 4. The average Bonchev–Trinajstić information content (AvgIpc) is 2.94. The van der Waals surface area contributed by atoms with Crippen LogP contribution in [-0.2, 0) is 9.84 Å². The lowest BCUT2D eigenvalue weighted by Crippen LogP contribution is -2.46. The van der Waals surface area contributed by atoms with Crippen LogP contribution in [0.3, 0.4) is 0 Å². The van der Waals surface area contributed by atoms with E-state index < -0.39 is 8.32 Å². The summed E-state index contributed by atoms with van der Waals surface area (Å²) in [6, 6.07) is 16.9. The van der Waals surface area contributed by atoms with E-state index in [9.17, 15) is 0 Å². The zero-order chi connectivity index (χ0) is 18.3. The average molecular weight is 419 g/mol. The Morgan fingerprint density at radius 2 is 1.76 bits per heavy atom. The summed E-state index contributed by atoms with van der Waals surface area (Å²) in [5.41, 5.74) is 2.22. The van der Waals surface area contributed by atoms with E-state index in [1.165, 1.54) is 11.1 Å². The topological polar surface area (TPSA) is 18.5 Å². The Morgan fingerprint density at radius 1 is 1.08 bits per heavy atom. The Hall–Kier alpha value is -1.10. The summed E-state index contributed by atoms with van der Waals surface area (Å²) in [6.07, 6.45) is 0. The van der Waals surface area contributed by atoms with Gasteiger partial charge in [0.2, 0.25) is 0 Å². The summed E-state index contributed by atoms with van der Waals surface area (Å²) in [5, 5.41) is 0.185. The Bertz CT molecular complexity index is 752. The van der Waals surface area contributed by atoms with Crippen LogP contribution in [0.1, 0.15) is 31.9 Å². The quantitative estimate of drug-likeness (QED) is 0.554. The van der Waals surface area contributed by atoms with Gasteiger partial charge in [-0.25, -0.2) is 0 Å². The molecule has 1 aliphatic rings. The van der Waals surface area contributed by atoms with Crippen molar-refractivity contribution in [2.24, 2.45) is 0 Å². The van der Waals surface area contributed by atoms with E-state index in [2.05, 4.69) is 92.3 Å². The molecule has 3 rings (SSSR count). The van der Waals surface area contributed by atoms with Crippen LogP contribution in [0.25, 0.3) is 0 Å². The highest BCUT2D eigenvalue weighted by Gasteiger charge is 2.46. The molecule has 0 N–H and O–H groups in total. The van der Waals surface area contributed by atoms with Crippen LogP contribution in [-0.4, -0.2) is 21.5 Å². The molecule has 1 atom stereocenters. The van der Waals surface area contributed by atoms with Gasteiger partial charge in [0.1, 0.15) is 12.4 Å². The molecular weight excluding hydrogens is 392 g/mol. The number of fused-ring (bicyclic) bond motifs is 1. The lowest BCUT2D eigenvalue weighted by molar-refractivity contribution is 0.188. The number of hydrogen-bond acceptors (Lipinski definition) is 2. The van der Waals surface area contributed by atoms with E-state index in [0.717, 1.165) is 10.2 Å². The normalized spacial score (nSPS) is 20.2. The number of ether oxygens (including phenoxy) is 1. The minimum absolute atomic E-state index is 0.185. The van der Waals surface area contributed by atoms with Gasteiger partial charge in [0, 0.05) is 5.56 Å². The SMILES string of the molecule is CC(C)(C)[Si](C)(C)OC[C@]1(c2ccccc2)COc2c(Br)cccc21. The van der Waals surface area contributed by atoms with Crippen molar-refractivity contribution in [1.29, 1.82) is 0 Å². The summed E-state index contributed by atoms with van der Waals surface area (Å²) >= 11 is 3.64. The van der Waals surface area contributed by atoms with E-state index in [-0.39, 0.29) is 10.5 Å². The van der Waals surface area contributed by atoms with Crippen molar-refractivity contribution in [2.45, 2.75) is 44.3 Å². The molecule has 0 aromatic heterocycles. The first-order valence-corrected chi connectivity index (χ1v) is 12.5. The lowest BCUT2D eigenvalue weighted by atomic mass is 9.77. The molecule has 0 unspecified atom stereocenters. The van der Waals surface area contributed by atoms with E-state index in [4.69, 9.17) is 9.16 Å². The predicted octanol–water partition coefficient (Wildman–Crippen LogP) is 6.15. The van der Waals surface area contributed by atoms with Crippen molar-refractivity contribution in [2.75, 3.05) is 13.2 Å². The van der Waals surface area contributed by atoms with Crippen LogP contribution in [0, 0.1) is 0 Å². The summed E-state index contributed by atoms with van der Waals surface area (Å²) in [4.78, 5) is 0. The highest BCUT2D eigenvalue weighted by atomic mass is 79.9. The highest BCUT2D eigenvalue weighted by Crippen LogP contribution is 2.48. The maximum Gasteiger partial charge on any atom is 0.192 e. The summed E-state index contributed by atoms with van der Waals surface area (Å²) < 4.78 is 13.8. The molecule has 134 valence electrons. The molecule has 1 aliphatic heterocycles. The van der Waals surface area contributed by atoms with Gasteiger partial charge in [-0.2, -0.15) is 0 Å². The summed E-state index contributed by atoms with van der Waals surface area (Å²) in [5.74, 6) is 0.949. The van der Waals surface area contributed by atoms with Gasteiger partial charge >= 0.3 is 0 Å². The number of benzene rings is 2. The molecule has 0 aliphatic carbocycles. The van der Waals surface area contributed by atoms with Crippen LogP contribution in [0.5, 0.6) is 5.75 Å². The smallest absolute Gasteiger partial charge is 0.192 e. The summed E-state index contributed by atoms with van der Waals surface area (Å²) in [7, 11) is -1.85. The second-order valence-corrected chi connectivity index (χ2v) is 14.1. The van der Waals surface area contributed by atoms with Crippen molar-refractivity contribution < 1.29 is 9.16 Å². The van der Waals surface area contributed by atoms with Crippen molar-refractivity contribution in [3.05, 3.63) is 64.1 Å². The number of para-hydroxylation sites is 1. The lowest BCUT2D eigenvalue weighted by Gasteiger charge is -2.39. The second-order valence-electron chi connectivity index (χ2n) is 8.40. The Balaban J connectivity index is 2.04. The maximum absolute atomic E-state index is 6.68. The van der Waals surface area contributed by atoms with E-state index >= 15 is 0 Å². The first-order chi connectivity index (χ1) is 11.7. The fraction of sp³-hybridized carbons (Fsp3) is 0.429. The fourth-order valence-corrected chi connectivity index (χ4v) is 4.55. The number of halogens is 1.